The van der Waals surface area contributed by atoms with Crippen molar-refractivity contribution >= 4 is 8.32 Å². The number of fused-ring (bicyclic) bond motifs is 5. The molecule has 0 aliphatic heterocycles. The van der Waals surface area contributed by atoms with E-state index in [1.54, 1.807) is 0 Å². The number of rotatable bonds is 2. The Morgan fingerprint density at radius 2 is 1.59 bits per heavy atom. The zero-order chi connectivity index (χ0) is 19.6. The molecule has 0 aromatic carbocycles. The van der Waals surface area contributed by atoms with E-state index in [4.69, 9.17) is 4.43 Å². The Labute approximate surface area is 169 Å². The molecule has 0 aromatic heterocycles. The smallest absolute Gasteiger partial charge is 0.192 e. The number of aliphatic hydroxyl groups is 1. The number of hydrogen-bond donors (Lipinski definition) is 1. The van der Waals surface area contributed by atoms with Gasteiger partial charge in [0.2, 0.25) is 0 Å². The van der Waals surface area contributed by atoms with E-state index in [0.29, 0.717) is 11.1 Å². The molecule has 0 amide bonds. The lowest BCUT2D eigenvalue weighted by Crippen LogP contribution is -2.51. The molecule has 4 fully saturated rings. The summed E-state index contributed by atoms with van der Waals surface area (Å²) in [5, 5.41) is 10.9. The third-order valence-electron chi connectivity index (χ3n) is 10.1. The molecule has 1 N–H and O–H groups in total. The summed E-state index contributed by atoms with van der Waals surface area (Å²) < 4.78 is 6.83. The van der Waals surface area contributed by atoms with Crippen LogP contribution in [-0.2, 0) is 4.43 Å². The van der Waals surface area contributed by atoms with E-state index in [1.165, 1.54) is 51.4 Å². The average molecular weight is 393 g/mol. The van der Waals surface area contributed by atoms with Crippen molar-refractivity contribution in [3.63, 3.8) is 0 Å². The van der Waals surface area contributed by atoms with Gasteiger partial charge in [0, 0.05) is 6.10 Å². The molecule has 0 radical (unpaired) electrons. The van der Waals surface area contributed by atoms with Gasteiger partial charge in [-0.15, -0.1) is 0 Å². The van der Waals surface area contributed by atoms with Crippen LogP contribution in [0.3, 0.4) is 0 Å². The minimum atomic E-state index is -1.65. The van der Waals surface area contributed by atoms with Gasteiger partial charge in [-0.2, -0.15) is 0 Å². The maximum absolute atomic E-state index is 10.6. The molecule has 8 unspecified atom stereocenters. The molecular weight excluding hydrogens is 348 g/mol. The van der Waals surface area contributed by atoms with Crippen LogP contribution in [0.2, 0.25) is 18.1 Å². The van der Waals surface area contributed by atoms with Crippen molar-refractivity contribution < 1.29 is 9.53 Å². The summed E-state index contributed by atoms with van der Waals surface area (Å²) >= 11 is 0. The summed E-state index contributed by atoms with van der Waals surface area (Å²) in [4.78, 5) is 0. The van der Waals surface area contributed by atoms with Crippen molar-refractivity contribution in [2.24, 2.45) is 35.0 Å². The van der Waals surface area contributed by atoms with Gasteiger partial charge < -0.3 is 9.53 Å². The highest BCUT2D eigenvalue weighted by atomic mass is 28.4. The van der Waals surface area contributed by atoms with Crippen LogP contribution in [-0.4, -0.2) is 25.6 Å². The molecule has 4 rings (SSSR count). The Bertz CT molecular complexity index is 553. The van der Waals surface area contributed by atoms with Gasteiger partial charge in [0.1, 0.15) is 0 Å². The largest absolute Gasteiger partial charge is 0.414 e. The van der Waals surface area contributed by atoms with Crippen LogP contribution in [0.4, 0.5) is 0 Å². The predicted octanol–water partition coefficient (Wildman–Crippen LogP) is 6.39. The normalized spacial score (nSPS) is 47.9. The fourth-order valence-electron chi connectivity index (χ4n) is 7.48. The van der Waals surface area contributed by atoms with E-state index in [2.05, 4.69) is 40.8 Å². The molecule has 4 aliphatic rings. The molecule has 4 saturated carbocycles. The predicted molar refractivity (Wildman–Crippen MR) is 115 cm³/mol. The fourth-order valence-corrected chi connectivity index (χ4v) is 8.88. The molecular formula is C24H44O2Si. The third kappa shape index (κ3) is 3.38. The van der Waals surface area contributed by atoms with Gasteiger partial charge in [0.25, 0.3) is 0 Å². The van der Waals surface area contributed by atoms with Crippen LogP contribution in [0.5, 0.6) is 0 Å². The fraction of sp³-hybridized carbons (Fsp3) is 1.00. The molecule has 0 spiro atoms. The first-order valence-corrected chi connectivity index (χ1v) is 14.8. The van der Waals surface area contributed by atoms with Gasteiger partial charge in [0.15, 0.2) is 8.32 Å². The van der Waals surface area contributed by atoms with Crippen LogP contribution in [0.15, 0.2) is 0 Å². The van der Waals surface area contributed by atoms with Crippen molar-refractivity contribution in [2.75, 3.05) is 0 Å². The summed E-state index contributed by atoms with van der Waals surface area (Å²) in [5.41, 5.74) is 0.233. The monoisotopic (exact) mass is 392 g/mol. The Balaban J connectivity index is 1.42. The first kappa shape index (κ1) is 20.4. The van der Waals surface area contributed by atoms with Crippen LogP contribution in [0, 0.1) is 35.0 Å². The Morgan fingerprint density at radius 3 is 2.30 bits per heavy atom. The molecule has 2 nitrogen and oxygen atoms in total. The minimum absolute atomic E-state index is 0.0325. The van der Waals surface area contributed by atoms with E-state index in [-0.39, 0.29) is 11.5 Å². The third-order valence-corrected chi connectivity index (χ3v) is 14.7. The quantitative estimate of drug-likeness (QED) is 0.552. The molecule has 27 heavy (non-hydrogen) atoms. The first-order valence-electron chi connectivity index (χ1n) is 11.9. The number of hydrogen-bond acceptors (Lipinski definition) is 2. The van der Waals surface area contributed by atoms with Gasteiger partial charge in [-0.25, -0.2) is 0 Å². The van der Waals surface area contributed by atoms with E-state index in [1.807, 2.05) is 0 Å². The summed E-state index contributed by atoms with van der Waals surface area (Å²) in [7, 11) is -1.65. The molecule has 0 heterocycles. The van der Waals surface area contributed by atoms with Crippen LogP contribution in [0.25, 0.3) is 0 Å². The summed E-state index contributed by atoms with van der Waals surface area (Å²) in [6.45, 7) is 14.3. The van der Waals surface area contributed by atoms with Crippen molar-refractivity contribution in [1.82, 2.24) is 0 Å². The second-order valence-corrected chi connectivity index (χ2v) is 17.1. The van der Waals surface area contributed by atoms with Crippen LogP contribution < -0.4 is 0 Å². The number of aliphatic hydroxyl groups excluding tert-OH is 1. The molecule has 3 heteroatoms. The second kappa shape index (κ2) is 6.84. The lowest BCUT2D eigenvalue weighted by Gasteiger charge is -2.56. The van der Waals surface area contributed by atoms with Gasteiger partial charge in [0.05, 0.1) is 6.10 Å². The zero-order valence-electron chi connectivity index (χ0n) is 18.8. The maximum Gasteiger partial charge on any atom is 0.192 e. The SMILES string of the molecule is CC12CCC3C4CCC(O[Si](C)(C)C(C)(C)C)CC4CCC3C1CCC2O. The van der Waals surface area contributed by atoms with Gasteiger partial charge in [-0.1, -0.05) is 27.7 Å². The van der Waals surface area contributed by atoms with Gasteiger partial charge in [-0.05, 0) is 111 Å². The molecule has 8 atom stereocenters. The highest BCUT2D eigenvalue weighted by molar-refractivity contribution is 6.74. The Morgan fingerprint density at radius 1 is 0.889 bits per heavy atom. The summed E-state index contributed by atoms with van der Waals surface area (Å²) in [5.74, 6) is 4.50. The molecule has 4 aliphatic carbocycles. The van der Waals surface area contributed by atoms with E-state index in [9.17, 15) is 5.11 Å². The first-order chi connectivity index (χ1) is 12.5. The highest BCUT2D eigenvalue weighted by Crippen LogP contribution is 2.62. The Hall–Kier alpha value is 0.137. The molecule has 0 aromatic rings. The van der Waals surface area contributed by atoms with E-state index in [0.717, 1.165) is 36.0 Å². The van der Waals surface area contributed by atoms with Crippen molar-refractivity contribution in [2.45, 2.75) is 116 Å². The standard InChI is InChI=1S/C24H44O2Si/c1-23(2,3)27(5,6)26-17-8-10-18-16(15-17)7-9-20-19(18)13-14-24(4)21(20)11-12-22(24)25/h16-22,25H,7-15H2,1-6H3. The van der Waals surface area contributed by atoms with Gasteiger partial charge >= 0.3 is 0 Å². The molecule has 156 valence electrons. The lowest BCUT2D eigenvalue weighted by molar-refractivity contribution is -0.0902. The average Bonchev–Trinajstić information content (AvgIpc) is 2.88. The molecule has 0 saturated heterocycles. The van der Waals surface area contributed by atoms with Crippen molar-refractivity contribution in [3.05, 3.63) is 0 Å². The van der Waals surface area contributed by atoms with E-state index < -0.39 is 8.32 Å². The lowest BCUT2D eigenvalue weighted by atomic mass is 9.50. The van der Waals surface area contributed by atoms with Crippen molar-refractivity contribution in [3.8, 4) is 0 Å². The summed E-state index contributed by atoms with van der Waals surface area (Å²) in [6.07, 6.45) is 12.3. The summed E-state index contributed by atoms with van der Waals surface area (Å²) in [6, 6.07) is 0. The Kier molecular flexibility index (Phi) is 5.17. The zero-order valence-corrected chi connectivity index (χ0v) is 19.8. The maximum atomic E-state index is 10.6. The topological polar surface area (TPSA) is 29.5 Å². The van der Waals surface area contributed by atoms with Crippen molar-refractivity contribution in [1.29, 1.82) is 0 Å². The highest BCUT2D eigenvalue weighted by Gasteiger charge is 2.57. The molecule has 0 bridgehead atoms. The minimum Gasteiger partial charge on any atom is -0.414 e. The van der Waals surface area contributed by atoms with Crippen LogP contribution in [0.1, 0.15) is 85.5 Å². The second-order valence-electron chi connectivity index (χ2n) is 12.4. The van der Waals surface area contributed by atoms with E-state index >= 15 is 0 Å². The van der Waals surface area contributed by atoms with Gasteiger partial charge in [-0.3, -0.25) is 0 Å². The van der Waals surface area contributed by atoms with Crippen LogP contribution >= 0.6 is 0 Å².